The van der Waals surface area contributed by atoms with Crippen LogP contribution in [-0.2, 0) is 4.43 Å². The van der Waals surface area contributed by atoms with Gasteiger partial charge in [0.25, 0.3) is 0 Å². The summed E-state index contributed by atoms with van der Waals surface area (Å²) in [5.74, 6) is 0.575. The number of allylic oxidation sites excluding steroid dienone is 1. The highest BCUT2D eigenvalue weighted by Gasteiger charge is 2.25. The number of hydrogen-bond acceptors (Lipinski definition) is 1. The second-order valence-corrected chi connectivity index (χ2v) is 10.0. The second-order valence-electron chi connectivity index (χ2n) is 5.88. The van der Waals surface area contributed by atoms with E-state index in [0.29, 0.717) is 12.0 Å². The van der Waals surface area contributed by atoms with Gasteiger partial charge < -0.3 is 4.43 Å². The minimum absolute atomic E-state index is 0.344. The van der Waals surface area contributed by atoms with Gasteiger partial charge in [-0.25, -0.2) is 0 Å². The fourth-order valence-electron chi connectivity index (χ4n) is 2.37. The Bertz CT molecular complexity index is 368. The van der Waals surface area contributed by atoms with E-state index in [1.807, 2.05) is 6.07 Å². The fourth-order valence-corrected chi connectivity index (χ4v) is 5.43. The van der Waals surface area contributed by atoms with Gasteiger partial charge in [-0.3, -0.25) is 0 Å². The molecule has 2 heteroatoms. The minimum Gasteiger partial charge on any atom is -0.415 e. The molecule has 1 aromatic rings. The maximum absolute atomic E-state index is 6.07. The Morgan fingerprint density at radius 3 is 2.28 bits per heavy atom. The lowest BCUT2D eigenvalue weighted by Gasteiger charge is -2.27. The average molecular weight is 262 g/mol. The first kappa shape index (κ1) is 15.2. The SMILES string of the molecule is CC(C)O[Si](C)(C)C[C@H](C)/C=C/c1ccccc1. The topological polar surface area (TPSA) is 9.23 Å². The summed E-state index contributed by atoms with van der Waals surface area (Å²) in [4.78, 5) is 0. The molecule has 0 amide bonds. The normalized spacial score (nSPS) is 14.3. The molecule has 0 aliphatic rings. The quantitative estimate of drug-likeness (QED) is 0.658. The van der Waals surface area contributed by atoms with Crippen LogP contribution in [0.2, 0.25) is 19.1 Å². The molecular weight excluding hydrogens is 236 g/mol. The molecule has 0 saturated heterocycles. The molecule has 1 atom stereocenters. The van der Waals surface area contributed by atoms with E-state index in [-0.39, 0.29) is 0 Å². The van der Waals surface area contributed by atoms with Crippen LogP contribution in [-0.4, -0.2) is 14.4 Å². The van der Waals surface area contributed by atoms with Crippen molar-refractivity contribution in [2.24, 2.45) is 5.92 Å². The number of hydrogen-bond donors (Lipinski definition) is 0. The van der Waals surface area contributed by atoms with Crippen LogP contribution in [0.1, 0.15) is 26.3 Å². The van der Waals surface area contributed by atoms with Gasteiger partial charge in [0.15, 0.2) is 8.32 Å². The van der Waals surface area contributed by atoms with Gasteiger partial charge >= 0.3 is 0 Å². The highest BCUT2D eigenvalue weighted by Crippen LogP contribution is 2.21. The monoisotopic (exact) mass is 262 g/mol. The third-order valence-corrected chi connectivity index (χ3v) is 5.52. The molecule has 0 bridgehead atoms. The van der Waals surface area contributed by atoms with Crippen molar-refractivity contribution in [1.82, 2.24) is 0 Å². The van der Waals surface area contributed by atoms with Crippen molar-refractivity contribution in [1.29, 1.82) is 0 Å². The van der Waals surface area contributed by atoms with Gasteiger partial charge in [0, 0.05) is 6.10 Å². The van der Waals surface area contributed by atoms with E-state index in [9.17, 15) is 0 Å². The predicted molar refractivity (Wildman–Crippen MR) is 83.2 cm³/mol. The zero-order valence-corrected chi connectivity index (χ0v) is 13.3. The van der Waals surface area contributed by atoms with Crippen LogP contribution < -0.4 is 0 Å². The van der Waals surface area contributed by atoms with Crippen molar-refractivity contribution in [3.63, 3.8) is 0 Å². The Labute approximate surface area is 113 Å². The second kappa shape index (κ2) is 6.91. The molecule has 0 aromatic heterocycles. The van der Waals surface area contributed by atoms with E-state index in [1.165, 1.54) is 11.6 Å². The molecule has 100 valence electrons. The lowest BCUT2D eigenvalue weighted by molar-refractivity contribution is 0.229. The van der Waals surface area contributed by atoms with Crippen LogP contribution in [0, 0.1) is 5.92 Å². The van der Waals surface area contributed by atoms with Crippen molar-refractivity contribution in [3.8, 4) is 0 Å². The van der Waals surface area contributed by atoms with Crippen molar-refractivity contribution in [2.45, 2.75) is 46.0 Å². The van der Waals surface area contributed by atoms with Gasteiger partial charge in [-0.1, -0.05) is 49.4 Å². The molecule has 0 aliphatic carbocycles. The molecule has 1 aromatic carbocycles. The molecule has 0 heterocycles. The maximum atomic E-state index is 6.07. The Morgan fingerprint density at radius 2 is 1.72 bits per heavy atom. The summed E-state index contributed by atoms with van der Waals surface area (Å²) < 4.78 is 6.07. The largest absolute Gasteiger partial charge is 0.415 e. The van der Waals surface area contributed by atoms with Crippen LogP contribution in [0.3, 0.4) is 0 Å². The molecule has 0 spiro atoms. The van der Waals surface area contributed by atoms with E-state index >= 15 is 0 Å². The number of benzene rings is 1. The van der Waals surface area contributed by atoms with Crippen LogP contribution >= 0.6 is 0 Å². The van der Waals surface area contributed by atoms with Crippen molar-refractivity contribution in [2.75, 3.05) is 0 Å². The summed E-state index contributed by atoms with van der Waals surface area (Å²) in [6, 6.07) is 11.6. The summed E-state index contributed by atoms with van der Waals surface area (Å²) in [7, 11) is -1.52. The summed E-state index contributed by atoms with van der Waals surface area (Å²) in [6.45, 7) is 11.1. The van der Waals surface area contributed by atoms with Crippen molar-refractivity contribution < 1.29 is 4.43 Å². The third-order valence-electron chi connectivity index (χ3n) is 2.79. The van der Waals surface area contributed by atoms with E-state index in [1.54, 1.807) is 0 Å². The molecule has 18 heavy (non-hydrogen) atoms. The van der Waals surface area contributed by atoms with Gasteiger partial charge in [0.1, 0.15) is 0 Å². The first-order valence-electron chi connectivity index (χ1n) is 6.80. The first-order chi connectivity index (χ1) is 8.39. The van der Waals surface area contributed by atoms with E-state index in [4.69, 9.17) is 4.43 Å². The van der Waals surface area contributed by atoms with Gasteiger partial charge in [0.05, 0.1) is 0 Å². The predicted octanol–water partition coefficient (Wildman–Crippen LogP) is 4.97. The highest BCUT2D eigenvalue weighted by molar-refractivity contribution is 6.71. The van der Waals surface area contributed by atoms with E-state index in [0.717, 1.165) is 0 Å². The number of rotatable bonds is 6. The lowest BCUT2D eigenvalue weighted by Crippen LogP contribution is -2.34. The van der Waals surface area contributed by atoms with Gasteiger partial charge in [-0.15, -0.1) is 0 Å². The Morgan fingerprint density at radius 1 is 1.11 bits per heavy atom. The van der Waals surface area contributed by atoms with Crippen LogP contribution in [0.4, 0.5) is 0 Å². The minimum atomic E-state index is -1.52. The van der Waals surface area contributed by atoms with Gasteiger partial charge in [0.2, 0.25) is 0 Å². The van der Waals surface area contributed by atoms with Crippen molar-refractivity contribution in [3.05, 3.63) is 42.0 Å². The Hall–Kier alpha value is -0.863. The van der Waals surface area contributed by atoms with Crippen LogP contribution in [0.25, 0.3) is 6.08 Å². The zero-order valence-electron chi connectivity index (χ0n) is 12.3. The maximum Gasteiger partial charge on any atom is 0.187 e. The van der Waals surface area contributed by atoms with E-state index < -0.39 is 8.32 Å². The van der Waals surface area contributed by atoms with Gasteiger partial charge in [-0.2, -0.15) is 0 Å². The van der Waals surface area contributed by atoms with E-state index in [2.05, 4.69) is 70.3 Å². The van der Waals surface area contributed by atoms with Gasteiger partial charge in [-0.05, 0) is 44.5 Å². The molecule has 0 fully saturated rings. The zero-order chi connectivity index (χ0) is 13.6. The summed E-state index contributed by atoms with van der Waals surface area (Å²) in [5, 5.41) is 0. The van der Waals surface area contributed by atoms with Crippen LogP contribution in [0.15, 0.2) is 36.4 Å². The molecule has 1 rings (SSSR count). The summed E-state index contributed by atoms with van der Waals surface area (Å²) in [5.41, 5.74) is 1.27. The molecule has 1 nitrogen and oxygen atoms in total. The lowest BCUT2D eigenvalue weighted by atomic mass is 10.1. The molecule has 0 N–H and O–H groups in total. The summed E-state index contributed by atoms with van der Waals surface area (Å²) >= 11 is 0. The van der Waals surface area contributed by atoms with Crippen molar-refractivity contribution >= 4 is 14.4 Å². The highest BCUT2D eigenvalue weighted by atomic mass is 28.4. The molecular formula is C16H26OSi. The smallest absolute Gasteiger partial charge is 0.187 e. The molecule has 0 radical (unpaired) electrons. The van der Waals surface area contributed by atoms with Crippen LogP contribution in [0.5, 0.6) is 0 Å². The first-order valence-corrected chi connectivity index (χ1v) is 9.92. The fraction of sp³-hybridized carbons (Fsp3) is 0.500. The Balaban J connectivity index is 2.51. The summed E-state index contributed by atoms with van der Waals surface area (Å²) in [6.07, 6.45) is 4.86. The standard InChI is InChI=1S/C16H26OSi/c1-14(2)17-18(4,5)13-15(3)11-12-16-9-7-6-8-10-16/h6-12,14-15H,13H2,1-5H3/b12-11+/t15-/m1/s1. The molecule has 0 unspecified atom stereocenters. The molecule has 0 saturated carbocycles. The third kappa shape index (κ3) is 6.17. The molecule has 0 aliphatic heterocycles. The average Bonchev–Trinajstić information content (AvgIpc) is 2.25. The Kier molecular flexibility index (Phi) is 5.83.